The molecule has 0 aromatic carbocycles. The Morgan fingerprint density at radius 1 is 1.36 bits per heavy atom. The van der Waals surface area contributed by atoms with Gasteiger partial charge in [0.1, 0.15) is 0 Å². The fourth-order valence-corrected chi connectivity index (χ4v) is 1.51. The normalized spacial score (nSPS) is 16.7. The Hall–Kier alpha value is 0.390. The van der Waals surface area contributed by atoms with Gasteiger partial charge in [0.25, 0.3) is 0 Å². The minimum Gasteiger partial charge on any atom is -0.310 e. The number of hydrogen-bond acceptors (Lipinski definition) is 2. The highest BCUT2D eigenvalue weighted by molar-refractivity contribution is 8.00. The third kappa shape index (κ3) is 6.79. The average molecular weight is 250 g/mol. The van der Waals surface area contributed by atoms with E-state index in [0.717, 1.165) is 6.42 Å². The van der Waals surface area contributed by atoms with Gasteiger partial charge >= 0.3 is 5.51 Å². The molecule has 0 aliphatic heterocycles. The molecule has 0 aliphatic carbocycles. The fourth-order valence-electron chi connectivity index (χ4n) is 0.786. The Kier molecular flexibility index (Phi) is 6.25. The molecule has 0 bridgehead atoms. The highest BCUT2D eigenvalue weighted by Crippen LogP contribution is 2.29. The van der Waals surface area contributed by atoms with Gasteiger partial charge in [-0.3, -0.25) is 0 Å². The average Bonchev–Trinajstić information content (AvgIpc) is 2.11. The monoisotopic (exact) mass is 249 g/mol. The van der Waals surface area contributed by atoms with Crippen LogP contribution in [0.3, 0.4) is 0 Å². The second kappa shape index (κ2) is 6.08. The van der Waals surface area contributed by atoms with Crippen molar-refractivity contribution in [2.75, 3.05) is 18.2 Å². The summed E-state index contributed by atoms with van der Waals surface area (Å²) < 4.78 is 35.2. The molecule has 0 rings (SSSR count). The molecule has 0 saturated carbocycles. The highest BCUT2D eigenvalue weighted by atomic mass is 35.5. The zero-order chi connectivity index (χ0) is 11.2. The molecule has 0 aliphatic rings. The Balaban J connectivity index is 3.63. The van der Waals surface area contributed by atoms with Crippen molar-refractivity contribution in [3.63, 3.8) is 0 Å². The smallest absolute Gasteiger partial charge is 0.310 e. The zero-order valence-corrected chi connectivity index (χ0v) is 9.82. The lowest BCUT2D eigenvalue weighted by atomic mass is 10.0. The van der Waals surface area contributed by atoms with E-state index < -0.39 is 5.51 Å². The van der Waals surface area contributed by atoms with Gasteiger partial charge in [-0.05, 0) is 25.1 Å². The Morgan fingerprint density at radius 3 is 2.29 bits per heavy atom. The van der Waals surface area contributed by atoms with Crippen LogP contribution < -0.4 is 5.32 Å². The van der Waals surface area contributed by atoms with Gasteiger partial charge < -0.3 is 5.32 Å². The molecule has 0 aromatic rings. The van der Waals surface area contributed by atoms with Gasteiger partial charge in [-0.25, -0.2) is 0 Å². The number of thioether (sulfide) groups is 1. The highest BCUT2D eigenvalue weighted by Gasteiger charge is 2.28. The van der Waals surface area contributed by atoms with E-state index in [2.05, 4.69) is 5.32 Å². The van der Waals surface area contributed by atoms with E-state index in [1.807, 2.05) is 13.8 Å². The molecule has 1 unspecified atom stereocenters. The van der Waals surface area contributed by atoms with E-state index >= 15 is 0 Å². The van der Waals surface area contributed by atoms with Gasteiger partial charge in [0.05, 0.1) is 0 Å². The SMILES string of the molecule is CCC(C)(CCl)NCCSC(F)(F)F. The molecule has 0 amide bonds. The van der Waals surface area contributed by atoms with Crippen molar-refractivity contribution in [1.82, 2.24) is 5.32 Å². The number of alkyl halides is 4. The molecule has 0 spiro atoms. The lowest BCUT2D eigenvalue weighted by Crippen LogP contribution is -2.44. The van der Waals surface area contributed by atoms with Crippen molar-refractivity contribution in [3.05, 3.63) is 0 Å². The summed E-state index contributed by atoms with van der Waals surface area (Å²) >= 11 is 5.68. The Labute approximate surface area is 91.8 Å². The van der Waals surface area contributed by atoms with E-state index in [9.17, 15) is 13.2 Å². The van der Waals surface area contributed by atoms with Crippen molar-refractivity contribution < 1.29 is 13.2 Å². The summed E-state index contributed by atoms with van der Waals surface area (Å²) in [6, 6.07) is 0. The minimum absolute atomic E-state index is 0.0103. The van der Waals surface area contributed by atoms with Crippen LogP contribution in [0.5, 0.6) is 0 Å². The summed E-state index contributed by atoms with van der Waals surface area (Å²) in [6.07, 6.45) is 0.799. The lowest BCUT2D eigenvalue weighted by molar-refractivity contribution is -0.0327. The van der Waals surface area contributed by atoms with Crippen LogP contribution in [0.4, 0.5) is 13.2 Å². The predicted molar refractivity (Wildman–Crippen MR) is 55.9 cm³/mol. The quantitative estimate of drug-likeness (QED) is 0.573. The van der Waals surface area contributed by atoms with Crippen LogP contribution in [-0.4, -0.2) is 29.2 Å². The van der Waals surface area contributed by atoms with E-state index in [-0.39, 0.29) is 23.1 Å². The number of rotatable bonds is 6. The first-order valence-corrected chi connectivity index (χ1v) is 5.86. The number of hydrogen-bond donors (Lipinski definition) is 1. The van der Waals surface area contributed by atoms with Gasteiger partial charge in [0.2, 0.25) is 0 Å². The third-order valence-electron chi connectivity index (χ3n) is 1.99. The summed E-state index contributed by atoms with van der Waals surface area (Å²) in [4.78, 5) is 0. The zero-order valence-electron chi connectivity index (χ0n) is 8.25. The third-order valence-corrected chi connectivity index (χ3v) is 3.32. The van der Waals surface area contributed by atoms with Gasteiger partial charge in [0.15, 0.2) is 0 Å². The van der Waals surface area contributed by atoms with Crippen molar-refractivity contribution >= 4 is 23.4 Å². The van der Waals surface area contributed by atoms with Gasteiger partial charge in [-0.1, -0.05) is 6.92 Å². The first-order chi connectivity index (χ1) is 6.33. The van der Waals surface area contributed by atoms with Gasteiger partial charge in [-0.2, -0.15) is 13.2 Å². The molecule has 1 atom stereocenters. The summed E-state index contributed by atoms with van der Waals surface area (Å²) in [6.45, 7) is 4.17. The maximum absolute atomic E-state index is 11.7. The summed E-state index contributed by atoms with van der Waals surface area (Å²) in [7, 11) is 0. The first-order valence-electron chi connectivity index (χ1n) is 4.34. The Bertz CT molecular complexity index is 159. The maximum Gasteiger partial charge on any atom is 0.441 e. The molecular weight excluding hydrogens is 235 g/mol. The number of nitrogens with one attached hydrogen (secondary N) is 1. The maximum atomic E-state index is 11.7. The molecule has 0 radical (unpaired) electrons. The molecule has 1 nitrogen and oxygen atoms in total. The standard InChI is InChI=1S/C8H15ClF3NS/c1-3-7(2,6-9)13-4-5-14-8(10,11)12/h13H,3-6H2,1-2H3. The molecule has 0 fully saturated rings. The van der Waals surface area contributed by atoms with Crippen LogP contribution in [0.1, 0.15) is 20.3 Å². The first kappa shape index (κ1) is 14.4. The molecule has 14 heavy (non-hydrogen) atoms. The van der Waals surface area contributed by atoms with Gasteiger partial charge in [0, 0.05) is 23.7 Å². The van der Waals surface area contributed by atoms with Crippen molar-refractivity contribution in [3.8, 4) is 0 Å². The molecule has 6 heteroatoms. The minimum atomic E-state index is -4.13. The second-order valence-electron chi connectivity index (χ2n) is 3.27. The van der Waals surface area contributed by atoms with Gasteiger partial charge in [-0.15, -0.1) is 11.6 Å². The summed E-state index contributed by atoms with van der Waals surface area (Å²) in [5.41, 5.74) is -4.39. The van der Waals surface area contributed by atoms with Crippen molar-refractivity contribution in [1.29, 1.82) is 0 Å². The van der Waals surface area contributed by atoms with E-state index in [0.29, 0.717) is 12.4 Å². The predicted octanol–water partition coefficient (Wildman–Crippen LogP) is 3.24. The van der Waals surface area contributed by atoms with E-state index in [4.69, 9.17) is 11.6 Å². The van der Waals surface area contributed by atoms with Crippen LogP contribution in [-0.2, 0) is 0 Å². The van der Waals surface area contributed by atoms with Crippen molar-refractivity contribution in [2.45, 2.75) is 31.3 Å². The van der Waals surface area contributed by atoms with Crippen LogP contribution >= 0.6 is 23.4 Å². The fraction of sp³-hybridized carbons (Fsp3) is 1.00. The van der Waals surface area contributed by atoms with Crippen LogP contribution in [0.25, 0.3) is 0 Å². The summed E-state index contributed by atoms with van der Waals surface area (Å²) in [5, 5.41) is 3.02. The topological polar surface area (TPSA) is 12.0 Å². The Morgan fingerprint density at radius 2 is 1.93 bits per heavy atom. The van der Waals surface area contributed by atoms with E-state index in [1.54, 1.807) is 0 Å². The largest absolute Gasteiger partial charge is 0.441 e. The summed E-state index contributed by atoms with van der Waals surface area (Å²) in [5.74, 6) is 0.427. The molecule has 0 aromatic heterocycles. The molecule has 0 saturated heterocycles. The molecular formula is C8H15ClF3NS. The van der Waals surface area contributed by atoms with E-state index in [1.165, 1.54) is 0 Å². The van der Waals surface area contributed by atoms with Crippen LogP contribution in [0, 0.1) is 0 Å². The molecule has 1 N–H and O–H groups in total. The number of halogens is 4. The molecule has 86 valence electrons. The molecule has 0 heterocycles. The van der Waals surface area contributed by atoms with Crippen LogP contribution in [0.15, 0.2) is 0 Å². The van der Waals surface area contributed by atoms with Crippen LogP contribution in [0.2, 0.25) is 0 Å². The van der Waals surface area contributed by atoms with Crippen molar-refractivity contribution in [2.24, 2.45) is 0 Å². The lowest BCUT2D eigenvalue weighted by Gasteiger charge is -2.27. The second-order valence-corrected chi connectivity index (χ2v) is 4.70.